The average molecular weight is 432 g/mol. The number of urea groups is 1. The molecule has 170 valence electrons. The molecule has 5 fully saturated rings. The summed E-state index contributed by atoms with van der Waals surface area (Å²) in [4.78, 5) is 55.5. The second-order valence-electron chi connectivity index (χ2n) is 10.3. The van der Waals surface area contributed by atoms with E-state index in [9.17, 15) is 19.2 Å². The van der Waals surface area contributed by atoms with E-state index in [0.29, 0.717) is 43.8 Å². The summed E-state index contributed by atoms with van der Waals surface area (Å²) in [5.41, 5.74) is 4.59. The zero-order chi connectivity index (χ0) is 21.8. The van der Waals surface area contributed by atoms with Crippen LogP contribution in [0.4, 0.5) is 4.79 Å². The first-order valence-corrected chi connectivity index (χ1v) is 11.8. The molecule has 9 nitrogen and oxygen atoms in total. The van der Waals surface area contributed by atoms with Crippen LogP contribution in [-0.2, 0) is 14.4 Å². The van der Waals surface area contributed by atoms with Gasteiger partial charge in [-0.15, -0.1) is 0 Å². The van der Waals surface area contributed by atoms with E-state index in [2.05, 4.69) is 5.32 Å². The first-order valence-electron chi connectivity index (χ1n) is 11.8. The molecule has 2 atom stereocenters. The number of hydrogen-bond donors (Lipinski definition) is 2. The summed E-state index contributed by atoms with van der Waals surface area (Å²) in [6, 6.07) is -0.683. The standard InChI is InChI=1S/C22H33N5O4/c23-20(31)24-22(7-8-22)19(30)26-10-11-27(17(28)14-26)15-4-3-9-25(13-15)18(29)16-12-21(16)5-1-2-6-21/h15-16H,1-14H2,(H3,23,24,31). The lowest BCUT2D eigenvalue weighted by Crippen LogP contribution is -2.62. The van der Waals surface area contributed by atoms with Crippen LogP contribution in [0.5, 0.6) is 0 Å². The maximum atomic E-state index is 13.1. The van der Waals surface area contributed by atoms with Crippen LogP contribution in [0.25, 0.3) is 0 Å². The van der Waals surface area contributed by atoms with E-state index in [1.807, 2.05) is 9.80 Å². The first-order chi connectivity index (χ1) is 14.8. The number of likely N-dealkylation sites (tertiary alicyclic amines) is 1. The van der Waals surface area contributed by atoms with E-state index in [1.54, 1.807) is 4.90 Å². The summed E-state index contributed by atoms with van der Waals surface area (Å²) in [5.74, 6) is 0.204. The van der Waals surface area contributed by atoms with Gasteiger partial charge >= 0.3 is 6.03 Å². The minimum atomic E-state index is -0.914. The fourth-order valence-corrected chi connectivity index (χ4v) is 6.26. The largest absolute Gasteiger partial charge is 0.352 e. The fourth-order valence-electron chi connectivity index (χ4n) is 6.26. The van der Waals surface area contributed by atoms with Crippen molar-refractivity contribution in [1.82, 2.24) is 20.0 Å². The molecule has 0 aromatic rings. The van der Waals surface area contributed by atoms with Crippen LogP contribution in [0, 0.1) is 11.3 Å². The van der Waals surface area contributed by atoms with Crippen molar-refractivity contribution in [3.8, 4) is 0 Å². The number of carbonyl (C=O) groups excluding carboxylic acids is 4. The van der Waals surface area contributed by atoms with E-state index >= 15 is 0 Å². The highest BCUT2D eigenvalue weighted by atomic mass is 16.2. The third-order valence-electron chi connectivity index (χ3n) is 8.30. The van der Waals surface area contributed by atoms with E-state index in [1.165, 1.54) is 25.7 Å². The molecule has 3 N–H and O–H groups in total. The van der Waals surface area contributed by atoms with E-state index in [-0.39, 0.29) is 30.3 Å². The number of piperidine rings is 1. The Morgan fingerprint density at radius 3 is 2.35 bits per heavy atom. The number of carbonyl (C=O) groups is 4. The van der Waals surface area contributed by atoms with Crippen LogP contribution in [0.3, 0.4) is 0 Å². The molecule has 2 unspecified atom stereocenters. The molecule has 2 saturated heterocycles. The fraction of sp³-hybridized carbons (Fsp3) is 0.818. The molecule has 0 bridgehead atoms. The average Bonchev–Trinajstić information content (AvgIpc) is 3.62. The van der Waals surface area contributed by atoms with Gasteiger partial charge in [0.1, 0.15) is 5.54 Å². The van der Waals surface area contributed by atoms with Crippen LogP contribution in [0.2, 0.25) is 0 Å². The van der Waals surface area contributed by atoms with Crippen molar-refractivity contribution in [3.63, 3.8) is 0 Å². The van der Waals surface area contributed by atoms with Crippen molar-refractivity contribution >= 4 is 23.8 Å². The summed E-state index contributed by atoms with van der Waals surface area (Å²) in [5, 5.41) is 2.55. The normalized spacial score (nSPS) is 31.0. The summed E-state index contributed by atoms with van der Waals surface area (Å²) in [6.45, 7) is 2.34. The molecular weight excluding hydrogens is 398 g/mol. The van der Waals surface area contributed by atoms with Crippen molar-refractivity contribution in [2.24, 2.45) is 17.1 Å². The molecule has 0 aromatic heterocycles. The van der Waals surface area contributed by atoms with Gasteiger partial charge in [-0.1, -0.05) is 12.8 Å². The summed E-state index contributed by atoms with van der Waals surface area (Å²) in [7, 11) is 0. The lowest BCUT2D eigenvalue weighted by atomic mass is 9.99. The molecule has 0 radical (unpaired) electrons. The number of rotatable bonds is 4. The van der Waals surface area contributed by atoms with Gasteiger partial charge in [0.05, 0.1) is 6.54 Å². The number of nitrogens with two attached hydrogens (primary N) is 1. The maximum absolute atomic E-state index is 13.1. The Balaban J connectivity index is 1.17. The second kappa shape index (κ2) is 7.38. The minimum absolute atomic E-state index is 0.0250. The molecule has 2 heterocycles. The Bertz CT molecular complexity index is 804. The molecule has 3 aliphatic carbocycles. The maximum Gasteiger partial charge on any atom is 0.313 e. The van der Waals surface area contributed by atoms with E-state index in [0.717, 1.165) is 25.8 Å². The number of nitrogens with one attached hydrogen (secondary N) is 1. The zero-order valence-corrected chi connectivity index (χ0v) is 18.1. The van der Waals surface area contributed by atoms with Gasteiger partial charge in [0.15, 0.2) is 0 Å². The molecule has 9 heteroatoms. The van der Waals surface area contributed by atoms with Crippen molar-refractivity contribution in [3.05, 3.63) is 0 Å². The highest BCUT2D eigenvalue weighted by molar-refractivity contribution is 5.96. The topological polar surface area (TPSA) is 116 Å². The van der Waals surface area contributed by atoms with Crippen molar-refractivity contribution in [2.75, 3.05) is 32.7 Å². The lowest BCUT2D eigenvalue weighted by molar-refractivity contribution is -0.150. The Morgan fingerprint density at radius 1 is 0.968 bits per heavy atom. The van der Waals surface area contributed by atoms with Crippen LogP contribution in [-0.4, -0.2) is 82.8 Å². The van der Waals surface area contributed by atoms with E-state index < -0.39 is 11.6 Å². The summed E-state index contributed by atoms with van der Waals surface area (Å²) < 4.78 is 0. The number of piperazine rings is 1. The molecule has 31 heavy (non-hydrogen) atoms. The molecule has 5 aliphatic rings. The van der Waals surface area contributed by atoms with Crippen LogP contribution in [0.1, 0.15) is 57.8 Å². The first kappa shape index (κ1) is 20.6. The number of amides is 5. The van der Waals surface area contributed by atoms with Gasteiger partial charge in [-0.2, -0.15) is 0 Å². The molecule has 0 aromatic carbocycles. The SMILES string of the molecule is NC(=O)NC1(C(=O)N2CCN(C3CCCN(C(=O)C4CC45CCCC5)C3)C(=O)C2)CC1. The monoisotopic (exact) mass is 431 g/mol. The van der Waals surface area contributed by atoms with Gasteiger partial charge < -0.3 is 25.8 Å². The van der Waals surface area contributed by atoms with E-state index in [4.69, 9.17) is 5.73 Å². The van der Waals surface area contributed by atoms with Gasteiger partial charge in [0.2, 0.25) is 17.7 Å². The zero-order valence-electron chi connectivity index (χ0n) is 18.1. The molecular formula is C22H33N5O4. The predicted octanol–water partition coefficient (Wildman–Crippen LogP) is 0.429. The van der Waals surface area contributed by atoms with Crippen molar-refractivity contribution in [1.29, 1.82) is 0 Å². The van der Waals surface area contributed by atoms with Gasteiger partial charge in [0.25, 0.3) is 0 Å². The second-order valence-corrected chi connectivity index (χ2v) is 10.3. The van der Waals surface area contributed by atoms with Gasteiger partial charge in [0, 0.05) is 38.1 Å². The molecule has 5 amide bonds. The van der Waals surface area contributed by atoms with Gasteiger partial charge in [-0.25, -0.2) is 4.79 Å². The smallest absolute Gasteiger partial charge is 0.313 e. The number of hydrogen-bond acceptors (Lipinski definition) is 4. The quantitative estimate of drug-likeness (QED) is 0.671. The highest BCUT2D eigenvalue weighted by Crippen LogP contribution is 2.63. The third kappa shape index (κ3) is 3.65. The Kier molecular flexibility index (Phi) is 4.90. The lowest BCUT2D eigenvalue weighted by Gasteiger charge is -2.43. The van der Waals surface area contributed by atoms with Gasteiger partial charge in [-0.05, 0) is 50.4 Å². The van der Waals surface area contributed by atoms with Crippen molar-refractivity contribution in [2.45, 2.75) is 69.4 Å². The van der Waals surface area contributed by atoms with Crippen LogP contribution in [0.15, 0.2) is 0 Å². The third-order valence-corrected chi connectivity index (χ3v) is 8.30. The minimum Gasteiger partial charge on any atom is -0.352 e. The van der Waals surface area contributed by atoms with Gasteiger partial charge in [-0.3, -0.25) is 14.4 Å². The number of primary amides is 1. The Labute approximate surface area is 182 Å². The summed E-state index contributed by atoms with van der Waals surface area (Å²) >= 11 is 0. The molecule has 1 spiro atoms. The van der Waals surface area contributed by atoms with Crippen molar-refractivity contribution < 1.29 is 19.2 Å². The highest BCUT2D eigenvalue weighted by Gasteiger charge is 2.59. The van der Waals surface area contributed by atoms with Crippen LogP contribution < -0.4 is 11.1 Å². The predicted molar refractivity (Wildman–Crippen MR) is 112 cm³/mol. The molecule has 3 saturated carbocycles. The summed E-state index contributed by atoms with van der Waals surface area (Å²) in [6.07, 6.45) is 8.87. The molecule has 5 rings (SSSR count). The Morgan fingerprint density at radius 2 is 1.71 bits per heavy atom. The number of nitrogens with zero attached hydrogens (tertiary/aromatic N) is 3. The Hall–Kier alpha value is -2.32. The van der Waals surface area contributed by atoms with Crippen LogP contribution >= 0.6 is 0 Å². The molecule has 2 aliphatic heterocycles.